The van der Waals surface area contributed by atoms with Gasteiger partial charge in [-0.2, -0.15) is 0 Å². The summed E-state index contributed by atoms with van der Waals surface area (Å²) in [4.78, 5) is 40.8. The topological polar surface area (TPSA) is 66.5 Å². The molecule has 3 aromatic rings. The van der Waals surface area contributed by atoms with Gasteiger partial charge in [0.05, 0.1) is 16.8 Å². The third kappa shape index (κ3) is 3.71. The van der Waals surface area contributed by atoms with Gasteiger partial charge in [0.25, 0.3) is 17.7 Å². The Morgan fingerprint density at radius 2 is 1.34 bits per heavy atom. The Kier molecular flexibility index (Phi) is 5.66. The number of hydrogen-bond acceptors (Lipinski definition) is 3. The number of fused-ring (bicyclic) bond motifs is 1. The minimum absolute atomic E-state index is 0.139. The number of imide groups is 1. The molecule has 0 fully saturated rings. The lowest BCUT2D eigenvalue weighted by molar-refractivity contribution is 0.0924. The van der Waals surface area contributed by atoms with Crippen LogP contribution in [0.25, 0.3) is 0 Å². The maximum atomic E-state index is 13.5. The fraction of sp³-hybridized carbons (Fsp3) is 0.222. The van der Waals surface area contributed by atoms with Crippen LogP contribution in [-0.2, 0) is 0 Å². The van der Waals surface area contributed by atoms with Crippen molar-refractivity contribution in [1.29, 1.82) is 0 Å². The number of nitrogens with one attached hydrogen (secondary N) is 1. The van der Waals surface area contributed by atoms with E-state index in [1.54, 1.807) is 24.3 Å². The van der Waals surface area contributed by atoms with E-state index in [-0.39, 0.29) is 29.2 Å². The zero-order valence-electron chi connectivity index (χ0n) is 18.7. The summed E-state index contributed by atoms with van der Waals surface area (Å²) in [6.45, 7) is 8.19. The molecule has 0 saturated carbocycles. The van der Waals surface area contributed by atoms with E-state index in [0.717, 1.165) is 11.1 Å². The molecule has 1 aliphatic rings. The van der Waals surface area contributed by atoms with Crippen LogP contribution in [0.15, 0.2) is 66.7 Å². The predicted molar refractivity (Wildman–Crippen MR) is 127 cm³/mol. The van der Waals surface area contributed by atoms with Crippen LogP contribution in [0.4, 0.5) is 11.4 Å². The highest BCUT2D eigenvalue weighted by Gasteiger charge is 2.39. The van der Waals surface area contributed by atoms with Gasteiger partial charge in [-0.15, -0.1) is 0 Å². The summed E-state index contributed by atoms with van der Waals surface area (Å²) in [6, 6.07) is 19.7. The number of anilines is 2. The van der Waals surface area contributed by atoms with Crippen LogP contribution in [0.5, 0.6) is 0 Å². The Bertz CT molecular complexity index is 1190. The van der Waals surface area contributed by atoms with Crippen LogP contribution >= 0.6 is 0 Å². The Labute approximate surface area is 188 Å². The number of para-hydroxylation sites is 2. The number of carbonyl (C=O) groups is 3. The van der Waals surface area contributed by atoms with E-state index < -0.39 is 5.91 Å². The normalized spacial score (nSPS) is 13.1. The van der Waals surface area contributed by atoms with Crippen molar-refractivity contribution in [3.05, 3.63) is 94.5 Å². The molecule has 0 spiro atoms. The lowest BCUT2D eigenvalue weighted by Crippen LogP contribution is -2.31. The molecule has 0 atom stereocenters. The van der Waals surface area contributed by atoms with Crippen LogP contribution in [0.2, 0.25) is 0 Å². The molecular weight excluding hydrogens is 400 g/mol. The van der Waals surface area contributed by atoms with E-state index in [1.807, 2.05) is 64.1 Å². The van der Waals surface area contributed by atoms with Gasteiger partial charge in [0.15, 0.2) is 0 Å². The first-order valence-corrected chi connectivity index (χ1v) is 10.8. The molecule has 0 radical (unpaired) electrons. The van der Waals surface area contributed by atoms with Crippen molar-refractivity contribution in [3.63, 3.8) is 0 Å². The minimum Gasteiger partial charge on any atom is -0.322 e. The molecule has 3 aromatic carbocycles. The smallest absolute Gasteiger partial charge is 0.266 e. The van der Waals surface area contributed by atoms with E-state index in [2.05, 4.69) is 5.32 Å². The quantitative estimate of drug-likeness (QED) is 0.510. The molecule has 1 aliphatic heterocycles. The highest BCUT2D eigenvalue weighted by Crippen LogP contribution is 2.39. The summed E-state index contributed by atoms with van der Waals surface area (Å²) in [7, 11) is 0. The predicted octanol–water partition coefficient (Wildman–Crippen LogP) is 5.99. The van der Waals surface area contributed by atoms with E-state index in [4.69, 9.17) is 0 Å². The van der Waals surface area contributed by atoms with Crippen LogP contribution in [0.1, 0.15) is 81.7 Å². The van der Waals surface area contributed by atoms with Crippen molar-refractivity contribution >= 4 is 29.1 Å². The third-order valence-corrected chi connectivity index (χ3v) is 5.75. The summed E-state index contributed by atoms with van der Waals surface area (Å²) < 4.78 is 0. The average molecular weight is 427 g/mol. The monoisotopic (exact) mass is 426 g/mol. The van der Waals surface area contributed by atoms with Crippen molar-refractivity contribution in [2.45, 2.75) is 39.5 Å². The second-order valence-electron chi connectivity index (χ2n) is 8.62. The molecule has 32 heavy (non-hydrogen) atoms. The van der Waals surface area contributed by atoms with Crippen LogP contribution in [0.3, 0.4) is 0 Å². The molecule has 1 N–H and O–H groups in total. The summed E-state index contributed by atoms with van der Waals surface area (Å²) in [5, 5.41) is 2.82. The lowest BCUT2D eigenvalue weighted by Gasteiger charge is -2.25. The van der Waals surface area contributed by atoms with Gasteiger partial charge in [0.2, 0.25) is 0 Å². The van der Waals surface area contributed by atoms with E-state index in [0.29, 0.717) is 22.5 Å². The number of nitrogens with zero attached hydrogens (tertiary/aromatic N) is 1. The summed E-state index contributed by atoms with van der Waals surface area (Å²) in [5.41, 5.74) is 4.13. The van der Waals surface area contributed by atoms with Crippen LogP contribution in [0, 0.1) is 0 Å². The molecule has 3 amide bonds. The Balaban J connectivity index is 1.74. The Morgan fingerprint density at radius 3 is 1.94 bits per heavy atom. The van der Waals surface area contributed by atoms with Gasteiger partial charge in [0.1, 0.15) is 0 Å². The molecule has 4 rings (SSSR count). The first kappa shape index (κ1) is 21.5. The average Bonchev–Trinajstić information content (AvgIpc) is 3.03. The fourth-order valence-corrected chi connectivity index (χ4v) is 4.08. The van der Waals surface area contributed by atoms with Crippen molar-refractivity contribution in [3.8, 4) is 0 Å². The second-order valence-corrected chi connectivity index (χ2v) is 8.62. The highest BCUT2D eigenvalue weighted by molar-refractivity contribution is 6.35. The molecule has 0 unspecified atom stereocenters. The summed E-state index contributed by atoms with van der Waals surface area (Å²) >= 11 is 0. The molecule has 1 heterocycles. The van der Waals surface area contributed by atoms with Crippen molar-refractivity contribution < 1.29 is 14.4 Å². The van der Waals surface area contributed by atoms with Gasteiger partial charge in [-0.1, -0.05) is 64.1 Å². The van der Waals surface area contributed by atoms with Gasteiger partial charge in [-0.05, 0) is 53.3 Å². The molecule has 0 saturated heterocycles. The maximum absolute atomic E-state index is 13.5. The molecule has 5 nitrogen and oxygen atoms in total. The fourth-order valence-electron chi connectivity index (χ4n) is 4.08. The Morgan fingerprint density at radius 1 is 0.750 bits per heavy atom. The molecule has 0 aromatic heterocycles. The summed E-state index contributed by atoms with van der Waals surface area (Å²) in [6.07, 6.45) is 0. The van der Waals surface area contributed by atoms with Crippen molar-refractivity contribution in [2.75, 3.05) is 10.2 Å². The molecule has 162 valence electrons. The van der Waals surface area contributed by atoms with Crippen molar-refractivity contribution in [1.82, 2.24) is 0 Å². The van der Waals surface area contributed by atoms with Gasteiger partial charge < -0.3 is 5.32 Å². The van der Waals surface area contributed by atoms with Crippen molar-refractivity contribution in [2.24, 2.45) is 0 Å². The van der Waals surface area contributed by atoms with Gasteiger partial charge in [0, 0.05) is 11.3 Å². The number of benzene rings is 3. The van der Waals surface area contributed by atoms with Gasteiger partial charge >= 0.3 is 0 Å². The zero-order valence-corrected chi connectivity index (χ0v) is 18.7. The maximum Gasteiger partial charge on any atom is 0.266 e. The first-order chi connectivity index (χ1) is 15.3. The molecule has 5 heteroatoms. The number of carbonyl (C=O) groups excluding carboxylic acids is 3. The second kappa shape index (κ2) is 8.42. The first-order valence-electron chi connectivity index (χ1n) is 10.8. The van der Waals surface area contributed by atoms with E-state index >= 15 is 0 Å². The SMILES string of the molecule is CC(C)c1cccc(C(C)C)c1N1C(=O)c2ccc(C(=O)Nc3ccccc3)cc2C1=O. The number of amides is 3. The largest absolute Gasteiger partial charge is 0.322 e. The Hall–Kier alpha value is -3.73. The van der Waals surface area contributed by atoms with Gasteiger partial charge in [-0.3, -0.25) is 14.4 Å². The minimum atomic E-state index is -0.394. The van der Waals surface area contributed by atoms with E-state index in [1.165, 1.54) is 11.0 Å². The number of hydrogen-bond donors (Lipinski definition) is 1. The zero-order chi connectivity index (χ0) is 23.0. The van der Waals surface area contributed by atoms with E-state index in [9.17, 15) is 14.4 Å². The standard InChI is InChI=1S/C27H26N2O3/c1-16(2)20-11-8-12-21(17(3)4)24(20)29-26(31)22-14-13-18(15-23(22)27(29)32)25(30)28-19-9-6-5-7-10-19/h5-17H,1-4H3,(H,28,30). The summed E-state index contributed by atoms with van der Waals surface area (Å²) in [5.74, 6) is -0.798. The van der Waals surface area contributed by atoms with Gasteiger partial charge in [-0.25, -0.2) is 4.90 Å². The number of rotatable bonds is 5. The highest BCUT2D eigenvalue weighted by atomic mass is 16.2. The van der Waals surface area contributed by atoms with Crippen LogP contribution < -0.4 is 10.2 Å². The van der Waals surface area contributed by atoms with Crippen LogP contribution in [-0.4, -0.2) is 17.7 Å². The molecule has 0 aliphatic carbocycles. The third-order valence-electron chi connectivity index (χ3n) is 5.75. The molecule has 0 bridgehead atoms. The molecular formula is C27H26N2O3. The lowest BCUT2D eigenvalue weighted by atomic mass is 9.92.